The van der Waals surface area contributed by atoms with Gasteiger partial charge in [0.2, 0.25) is 12.4 Å². The lowest BCUT2D eigenvalue weighted by Crippen LogP contribution is -2.38. The highest BCUT2D eigenvalue weighted by molar-refractivity contribution is 5.61. The standard InChI is InChI=1S/C21H25F4N5O/c22-17-11-30(12-18(17)23)20-13(8-19(24)25)9-26-21(28-20)27-14-3-5-15(6-4-14)29-7-1-2-16(31)10-29/h3-6,9,16-19,31H,1-2,7-8,10-12H2,(H,26,27,28)/t16?,17-,18-/m0/s1. The van der Waals surface area contributed by atoms with Crippen molar-refractivity contribution >= 4 is 23.1 Å². The van der Waals surface area contributed by atoms with E-state index >= 15 is 0 Å². The van der Waals surface area contributed by atoms with Crippen molar-refractivity contribution in [1.82, 2.24) is 9.97 Å². The van der Waals surface area contributed by atoms with Crippen molar-refractivity contribution in [3.63, 3.8) is 0 Å². The first-order chi connectivity index (χ1) is 14.9. The first-order valence-corrected chi connectivity index (χ1v) is 10.4. The predicted octanol–water partition coefficient (Wildman–Crippen LogP) is 3.49. The van der Waals surface area contributed by atoms with E-state index < -0.39 is 25.2 Å². The van der Waals surface area contributed by atoms with Crippen LogP contribution in [0.2, 0.25) is 0 Å². The third-order valence-electron chi connectivity index (χ3n) is 5.58. The summed E-state index contributed by atoms with van der Waals surface area (Å²) in [5, 5.41) is 12.9. The van der Waals surface area contributed by atoms with Crippen molar-refractivity contribution in [2.75, 3.05) is 41.3 Å². The van der Waals surface area contributed by atoms with Gasteiger partial charge in [-0.3, -0.25) is 0 Å². The minimum atomic E-state index is -2.62. The molecule has 168 valence electrons. The summed E-state index contributed by atoms with van der Waals surface area (Å²) < 4.78 is 53.2. The second-order valence-electron chi connectivity index (χ2n) is 7.99. The summed E-state index contributed by atoms with van der Waals surface area (Å²) in [6.45, 7) is 1.00. The van der Waals surface area contributed by atoms with E-state index in [1.165, 1.54) is 11.1 Å². The molecule has 4 rings (SSSR count). The molecule has 0 spiro atoms. The van der Waals surface area contributed by atoms with Crippen LogP contribution in [0.4, 0.5) is 40.7 Å². The number of benzene rings is 1. The Kier molecular flexibility index (Phi) is 6.45. The number of anilines is 4. The van der Waals surface area contributed by atoms with Crippen LogP contribution in [0, 0.1) is 0 Å². The fourth-order valence-electron chi connectivity index (χ4n) is 4.01. The van der Waals surface area contributed by atoms with Gasteiger partial charge in [0.15, 0.2) is 12.3 Å². The summed E-state index contributed by atoms with van der Waals surface area (Å²) >= 11 is 0. The van der Waals surface area contributed by atoms with Crippen LogP contribution in [0.5, 0.6) is 0 Å². The van der Waals surface area contributed by atoms with Crippen LogP contribution in [0.1, 0.15) is 18.4 Å². The number of alkyl halides is 4. The van der Waals surface area contributed by atoms with Crippen molar-refractivity contribution in [2.24, 2.45) is 0 Å². The molecule has 0 saturated carbocycles. The van der Waals surface area contributed by atoms with Crippen LogP contribution in [-0.4, -0.2) is 66.1 Å². The molecule has 0 aliphatic carbocycles. The molecule has 2 aliphatic rings. The molecule has 0 amide bonds. The predicted molar refractivity (Wildman–Crippen MR) is 111 cm³/mol. The molecule has 0 bridgehead atoms. The molecule has 2 fully saturated rings. The maximum absolute atomic E-state index is 13.7. The van der Waals surface area contributed by atoms with E-state index in [4.69, 9.17) is 0 Å². The Morgan fingerprint density at radius 2 is 1.77 bits per heavy atom. The number of hydrogen-bond donors (Lipinski definition) is 2. The van der Waals surface area contributed by atoms with E-state index in [-0.39, 0.29) is 36.5 Å². The van der Waals surface area contributed by atoms with Gasteiger partial charge in [-0.1, -0.05) is 0 Å². The summed E-state index contributed by atoms with van der Waals surface area (Å²) in [6.07, 6.45) is -3.87. The molecule has 2 saturated heterocycles. The molecule has 0 radical (unpaired) electrons. The van der Waals surface area contributed by atoms with Gasteiger partial charge >= 0.3 is 0 Å². The van der Waals surface area contributed by atoms with Crippen molar-refractivity contribution in [1.29, 1.82) is 0 Å². The molecule has 2 aromatic rings. The summed E-state index contributed by atoms with van der Waals surface area (Å²) in [4.78, 5) is 11.9. The Labute approximate surface area is 177 Å². The lowest BCUT2D eigenvalue weighted by Gasteiger charge is -2.32. The van der Waals surface area contributed by atoms with E-state index in [1.54, 1.807) is 0 Å². The van der Waals surface area contributed by atoms with Crippen LogP contribution in [0.25, 0.3) is 0 Å². The summed E-state index contributed by atoms with van der Waals surface area (Å²) in [7, 11) is 0. The number of halogens is 4. The minimum absolute atomic E-state index is 0.125. The van der Waals surface area contributed by atoms with Gasteiger partial charge in [0.05, 0.1) is 19.2 Å². The number of piperidine rings is 1. The lowest BCUT2D eigenvalue weighted by atomic mass is 10.1. The number of aliphatic hydroxyl groups excluding tert-OH is 1. The quantitative estimate of drug-likeness (QED) is 0.672. The molecule has 3 atom stereocenters. The summed E-state index contributed by atoms with van der Waals surface area (Å²) in [5.74, 6) is 0.284. The van der Waals surface area contributed by atoms with Gasteiger partial charge in [-0.2, -0.15) is 4.98 Å². The van der Waals surface area contributed by atoms with Gasteiger partial charge < -0.3 is 20.2 Å². The Morgan fingerprint density at radius 3 is 2.42 bits per heavy atom. The number of hydrogen-bond acceptors (Lipinski definition) is 6. The number of nitrogens with one attached hydrogen (secondary N) is 1. The van der Waals surface area contributed by atoms with Crippen LogP contribution >= 0.6 is 0 Å². The number of nitrogens with zero attached hydrogens (tertiary/aromatic N) is 4. The summed E-state index contributed by atoms with van der Waals surface area (Å²) in [5.41, 5.74) is 1.82. The zero-order valence-electron chi connectivity index (χ0n) is 16.9. The van der Waals surface area contributed by atoms with Crippen LogP contribution < -0.4 is 15.1 Å². The second-order valence-corrected chi connectivity index (χ2v) is 7.99. The van der Waals surface area contributed by atoms with Gasteiger partial charge in [0.1, 0.15) is 5.82 Å². The van der Waals surface area contributed by atoms with Gasteiger partial charge in [-0.25, -0.2) is 22.5 Å². The SMILES string of the molecule is OC1CCCN(c2ccc(Nc3ncc(CC(F)F)c(N4C[C@H](F)[C@@H](F)C4)n3)cc2)C1. The first kappa shape index (κ1) is 21.6. The number of aliphatic hydroxyl groups is 1. The lowest BCUT2D eigenvalue weighted by molar-refractivity contribution is 0.149. The van der Waals surface area contributed by atoms with Crippen molar-refractivity contribution in [3.05, 3.63) is 36.0 Å². The third-order valence-corrected chi connectivity index (χ3v) is 5.58. The molecule has 1 aromatic heterocycles. The average Bonchev–Trinajstić information content (AvgIpc) is 3.07. The molecular formula is C21H25F4N5O. The van der Waals surface area contributed by atoms with Crippen LogP contribution in [0.15, 0.2) is 30.5 Å². The number of rotatable bonds is 6. The first-order valence-electron chi connectivity index (χ1n) is 10.4. The maximum Gasteiger partial charge on any atom is 0.242 e. The number of aromatic nitrogens is 2. The van der Waals surface area contributed by atoms with Gasteiger partial charge in [0, 0.05) is 42.6 Å². The molecule has 1 aromatic carbocycles. The maximum atomic E-state index is 13.7. The van der Waals surface area contributed by atoms with Gasteiger partial charge in [-0.05, 0) is 37.1 Å². The van der Waals surface area contributed by atoms with E-state index in [0.717, 1.165) is 25.1 Å². The highest BCUT2D eigenvalue weighted by atomic mass is 19.3. The third kappa shape index (κ3) is 5.17. The Balaban J connectivity index is 1.51. The van der Waals surface area contributed by atoms with Gasteiger partial charge in [-0.15, -0.1) is 0 Å². The van der Waals surface area contributed by atoms with E-state index in [1.807, 2.05) is 24.3 Å². The normalized spacial score (nSPS) is 24.1. The molecule has 1 unspecified atom stereocenters. The fourth-order valence-corrected chi connectivity index (χ4v) is 4.01. The molecular weight excluding hydrogens is 414 g/mol. The molecule has 2 N–H and O–H groups in total. The second kappa shape index (κ2) is 9.25. The smallest absolute Gasteiger partial charge is 0.242 e. The fraction of sp³-hybridized carbons (Fsp3) is 0.524. The van der Waals surface area contributed by atoms with Crippen molar-refractivity contribution < 1.29 is 22.7 Å². The molecule has 3 heterocycles. The van der Waals surface area contributed by atoms with Crippen molar-refractivity contribution in [2.45, 2.75) is 44.1 Å². The Bertz CT molecular complexity index is 875. The molecule has 2 aliphatic heterocycles. The van der Waals surface area contributed by atoms with Crippen LogP contribution in [-0.2, 0) is 6.42 Å². The Hall–Kier alpha value is -2.62. The molecule has 6 nitrogen and oxygen atoms in total. The van der Waals surface area contributed by atoms with Crippen LogP contribution in [0.3, 0.4) is 0 Å². The Morgan fingerprint density at radius 1 is 1.06 bits per heavy atom. The highest BCUT2D eigenvalue weighted by Crippen LogP contribution is 2.29. The average molecular weight is 439 g/mol. The number of β-amino-alcohol motifs (C(OH)–C–C–N with tert-alkyl or cyclic N) is 1. The molecule has 31 heavy (non-hydrogen) atoms. The topological polar surface area (TPSA) is 64.5 Å². The molecule has 10 heteroatoms. The minimum Gasteiger partial charge on any atom is -0.391 e. The van der Waals surface area contributed by atoms with E-state index in [0.29, 0.717) is 12.2 Å². The van der Waals surface area contributed by atoms with Gasteiger partial charge in [0.25, 0.3) is 0 Å². The zero-order chi connectivity index (χ0) is 22.0. The summed E-state index contributed by atoms with van der Waals surface area (Å²) in [6, 6.07) is 7.48. The highest BCUT2D eigenvalue weighted by Gasteiger charge is 2.35. The van der Waals surface area contributed by atoms with Crippen molar-refractivity contribution in [3.8, 4) is 0 Å². The largest absolute Gasteiger partial charge is 0.391 e. The van der Waals surface area contributed by atoms with E-state index in [9.17, 15) is 22.7 Å². The zero-order valence-corrected chi connectivity index (χ0v) is 16.9. The monoisotopic (exact) mass is 439 g/mol. The van der Waals surface area contributed by atoms with E-state index in [2.05, 4.69) is 20.2 Å².